The minimum atomic E-state index is -3.21. The van der Waals surface area contributed by atoms with Gasteiger partial charge < -0.3 is 10.5 Å². The lowest BCUT2D eigenvalue weighted by atomic mass is 10.1. The van der Waals surface area contributed by atoms with Gasteiger partial charge in [-0.15, -0.1) is 0 Å². The van der Waals surface area contributed by atoms with Crippen LogP contribution in [0, 0.1) is 0 Å². The molecule has 1 fully saturated rings. The number of rotatable bonds is 3. The van der Waals surface area contributed by atoms with Crippen molar-refractivity contribution in [3.63, 3.8) is 0 Å². The molecule has 0 spiro atoms. The molecule has 0 atom stereocenters. The molecule has 0 amide bonds. The van der Waals surface area contributed by atoms with E-state index >= 15 is 0 Å². The number of hydrogen-bond acceptors (Lipinski definition) is 4. The molecule has 0 aromatic rings. The van der Waals surface area contributed by atoms with Crippen LogP contribution < -0.4 is 5.73 Å². The van der Waals surface area contributed by atoms with Gasteiger partial charge in [0.05, 0.1) is 24.5 Å². The van der Waals surface area contributed by atoms with Crippen molar-refractivity contribution in [2.75, 3.05) is 32.1 Å². The van der Waals surface area contributed by atoms with E-state index in [-0.39, 0.29) is 12.3 Å². The number of nitrogens with zero attached hydrogens (tertiary/aromatic N) is 1. The standard InChI is InChI=1S/C8H18N2O3S/c1-8(2)7-13-5-4-10(8)14(11,12)6-3-9/h3-7,9H2,1-2H3. The maximum Gasteiger partial charge on any atom is 0.215 e. The van der Waals surface area contributed by atoms with E-state index in [1.165, 1.54) is 4.31 Å². The maximum absolute atomic E-state index is 11.8. The van der Waals surface area contributed by atoms with Crippen LogP contribution in [0.4, 0.5) is 0 Å². The highest BCUT2D eigenvalue weighted by Gasteiger charge is 2.38. The molecule has 1 rings (SSSR count). The summed E-state index contributed by atoms with van der Waals surface area (Å²) in [5, 5.41) is 0. The molecule has 1 saturated heterocycles. The van der Waals surface area contributed by atoms with Crippen LogP contribution in [0.5, 0.6) is 0 Å². The molecule has 1 heterocycles. The second-order valence-corrected chi connectivity index (χ2v) is 6.05. The summed E-state index contributed by atoms with van der Waals surface area (Å²) in [7, 11) is -3.21. The minimum Gasteiger partial charge on any atom is -0.378 e. The summed E-state index contributed by atoms with van der Waals surface area (Å²) in [6.07, 6.45) is 0. The average Bonchev–Trinajstić information content (AvgIpc) is 2.02. The van der Waals surface area contributed by atoms with E-state index in [2.05, 4.69) is 0 Å². The molecule has 0 unspecified atom stereocenters. The Morgan fingerprint density at radius 2 is 2.14 bits per heavy atom. The van der Waals surface area contributed by atoms with E-state index in [4.69, 9.17) is 10.5 Å². The van der Waals surface area contributed by atoms with E-state index in [9.17, 15) is 8.42 Å². The van der Waals surface area contributed by atoms with E-state index in [1.807, 2.05) is 13.8 Å². The molecule has 1 aliphatic heterocycles. The molecule has 6 heteroatoms. The number of hydrogen-bond donors (Lipinski definition) is 1. The zero-order chi connectivity index (χ0) is 10.8. The normalized spacial score (nSPS) is 23.6. The van der Waals surface area contributed by atoms with Crippen LogP contribution in [0.3, 0.4) is 0 Å². The van der Waals surface area contributed by atoms with E-state index < -0.39 is 15.6 Å². The van der Waals surface area contributed by atoms with Gasteiger partial charge >= 0.3 is 0 Å². The Kier molecular flexibility index (Phi) is 3.52. The fourth-order valence-electron chi connectivity index (χ4n) is 1.62. The Bertz CT molecular complexity index is 287. The molecule has 0 saturated carbocycles. The van der Waals surface area contributed by atoms with Crippen LogP contribution in [-0.4, -0.2) is 50.3 Å². The van der Waals surface area contributed by atoms with Gasteiger partial charge in [0.1, 0.15) is 0 Å². The van der Waals surface area contributed by atoms with E-state index in [0.717, 1.165) is 0 Å². The SMILES string of the molecule is CC1(C)COCCN1S(=O)(=O)CCN. The van der Waals surface area contributed by atoms with Crippen molar-refractivity contribution in [3.8, 4) is 0 Å². The van der Waals surface area contributed by atoms with Gasteiger partial charge in [-0.3, -0.25) is 0 Å². The van der Waals surface area contributed by atoms with E-state index in [0.29, 0.717) is 19.8 Å². The monoisotopic (exact) mass is 222 g/mol. The Hall–Kier alpha value is -0.170. The summed E-state index contributed by atoms with van der Waals surface area (Å²) >= 11 is 0. The van der Waals surface area contributed by atoms with Gasteiger partial charge in [0.25, 0.3) is 0 Å². The summed E-state index contributed by atoms with van der Waals surface area (Å²) in [6, 6.07) is 0. The van der Waals surface area contributed by atoms with Crippen LogP contribution in [0.25, 0.3) is 0 Å². The highest BCUT2D eigenvalue weighted by atomic mass is 32.2. The van der Waals surface area contributed by atoms with Crippen LogP contribution >= 0.6 is 0 Å². The van der Waals surface area contributed by atoms with Gasteiger partial charge in [-0.05, 0) is 13.8 Å². The van der Waals surface area contributed by atoms with Crippen molar-refractivity contribution in [2.45, 2.75) is 19.4 Å². The summed E-state index contributed by atoms with van der Waals surface area (Å²) in [5.41, 5.74) is 4.82. The number of sulfonamides is 1. The van der Waals surface area contributed by atoms with Crippen molar-refractivity contribution in [3.05, 3.63) is 0 Å². The summed E-state index contributed by atoms with van der Waals surface area (Å²) in [5.74, 6) is 0.0103. The molecule has 1 aliphatic rings. The number of morpholine rings is 1. The first-order valence-corrected chi connectivity index (χ1v) is 6.29. The van der Waals surface area contributed by atoms with Crippen LogP contribution in [0.1, 0.15) is 13.8 Å². The topological polar surface area (TPSA) is 72.6 Å². The van der Waals surface area contributed by atoms with Crippen molar-refractivity contribution in [1.82, 2.24) is 4.31 Å². The van der Waals surface area contributed by atoms with Crippen LogP contribution in [0.2, 0.25) is 0 Å². The molecule has 0 aromatic heterocycles. The molecule has 0 aliphatic carbocycles. The molecular formula is C8H18N2O3S. The molecule has 0 bridgehead atoms. The van der Waals surface area contributed by atoms with Crippen molar-refractivity contribution in [2.24, 2.45) is 5.73 Å². The molecule has 0 aromatic carbocycles. The molecule has 2 N–H and O–H groups in total. The van der Waals surface area contributed by atoms with Gasteiger partial charge in [0.15, 0.2) is 0 Å². The second kappa shape index (κ2) is 4.14. The smallest absolute Gasteiger partial charge is 0.215 e. The largest absolute Gasteiger partial charge is 0.378 e. The fourth-order valence-corrected chi connectivity index (χ4v) is 3.30. The van der Waals surface area contributed by atoms with Crippen LogP contribution in [-0.2, 0) is 14.8 Å². The Morgan fingerprint density at radius 1 is 1.50 bits per heavy atom. The average molecular weight is 222 g/mol. The molecule has 0 radical (unpaired) electrons. The summed E-state index contributed by atoms with van der Waals surface area (Å²) in [6.45, 7) is 5.22. The third-order valence-corrected chi connectivity index (χ3v) is 4.38. The zero-order valence-electron chi connectivity index (χ0n) is 8.69. The van der Waals surface area contributed by atoms with Gasteiger partial charge in [-0.1, -0.05) is 0 Å². The number of ether oxygens (including phenoxy) is 1. The second-order valence-electron chi connectivity index (χ2n) is 4.04. The highest BCUT2D eigenvalue weighted by molar-refractivity contribution is 7.89. The van der Waals surface area contributed by atoms with Crippen molar-refractivity contribution < 1.29 is 13.2 Å². The first-order chi connectivity index (χ1) is 6.40. The van der Waals surface area contributed by atoms with E-state index in [1.54, 1.807) is 0 Å². The molecular weight excluding hydrogens is 204 g/mol. The molecule has 5 nitrogen and oxygen atoms in total. The Balaban J connectivity index is 2.84. The maximum atomic E-state index is 11.8. The van der Waals surface area contributed by atoms with Gasteiger partial charge in [0, 0.05) is 13.1 Å². The Labute approximate surface area is 85.3 Å². The minimum absolute atomic E-state index is 0.0103. The van der Waals surface area contributed by atoms with Gasteiger partial charge in [0.2, 0.25) is 10.0 Å². The fraction of sp³-hybridized carbons (Fsp3) is 1.00. The summed E-state index contributed by atoms with van der Waals surface area (Å²) < 4.78 is 30.3. The first kappa shape index (κ1) is 11.9. The zero-order valence-corrected chi connectivity index (χ0v) is 9.51. The lowest BCUT2D eigenvalue weighted by molar-refractivity contribution is -0.00764. The predicted molar refractivity (Wildman–Crippen MR) is 54.4 cm³/mol. The predicted octanol–water partition coefficient (Wildman–Crippen LogP) is -0.614. The highest BCUT2D eigenvalue weighted by Crippen LogP contribution is 2.22. The lowest BCUT2D eigenvalue weighted by Crippen LogP contribution is -2.56. The van der Waals surface area contributed by atoms with Crippen LogP contribution in [0.15, 0.2) is 0 Å². The lowest BCUT2D eigenvalue weighted by Gasteiger charge is -2.40. The summed E-state index contributed by atoms with van der Waals surface area (Å²) in [4.78, 5) is 0. The van der Waals surface area contributed by atoms with Gasteiger partial charge in [-0.25, -0.2) is 8.42 Å². The molecule has 14 heavy (non-hydrogen) atoms. The number of nitrogens with two attached hydrogens (primary N) is 1. The van der Waals surface area contributed by atoms with Crippen molar-refractivity contribution >= 4 is 10.0 Å². The molecule has 84 valence electrons. The third kappa shape index (κ3) is 2.44. The quantitative estimate of drug-likeness (QED) is 0.691. The third-order valence-electron chi connectivity index (χ3n) is 2.28. The van der Waals surface area contributed by atoms with Crippen molar-refractivity contribution in [1.29, 1.82) is 0 Å². The van der Waals surface area contributed by atoms with Gasteiger partial charge in [-0.2, -0.15) is 4.31 Å². The first-order valence-electron chi connectivity index (χ1n) is 4.68. The Morgan fingerprint density at radius 3 is 2.64 bits per heavy atom.